The SMILES string of the molecule is NS(=O)(=O)NCCN(C1(C(=O)O)CC1c1ccccc1)S(=O)(=O)c1ccc(-c2ccc(Cl)cc2)cc1. The van der Waals surface area contributed by atoms with Crippen LogP contribution in [0.5, 0.6) is 0 Å². The number of hydrogen-bond donors (Lipinski definition) is 3. The Morgan fingerprint density at radius 3 is 2.06 bits per heavy atom. The van der Waals surface area contributed by atoms with E-state index in [9.17, 15) is 26.7 Å². The van der Waals surface area contributed by atoms with Gasteiger partial charge in [-0.2, -0.15) is 12.7 Å². The van der Waals surface area contributed by atoms with Crippen LogP contribution in [0.25, 0.3) is 11.1 Å². The van der Waals surface area contributed by atoms with Crippen molar-refractivity contribution in [1.82, 2.24) is 9.03 Å². The number of nitrogens with two attached hydrogens (primary N) is 1. The summed E-state index contributed by atoms with van der Waals surface area (Å²) in [6, 6.07) is 21.8. The Morgan fingerprint density at radius 1 is 0.972 bits per heavy atom. The van der Waals surface area contributed by atoms with Crippen LogP contribution in [0.15, 0.2) is 83.8 Å². The van der Waals surface area contributed by atoms with Crippen LogP contribution in [0.4, 0.5) is 0 Å². The van der Waals surface area contributed by atoms with Crippen molar-refractivity contribution < 1.29 is 26.7 Å². The molecular weight excluding hydrogens is 526 g/mol. The van der Waals surface area contributed by atoms with Crippen molar-refractivity contribution in [3.8, 4) is 11.1 Å². The lowest BCUT2D eigenvalue weighted by molar-refractivity contribution is -0.143. The molecule has 0 aliphatic heterocycles. The van der Waals surface area contributed by atoms with E-state index in [4.69, 9.17) is 16.7 Å². The average Bonchev–Trinajstić information content (AvgIpc) is 3.59. The van der Waals surface area contributed by atoms with Gasteiger partial charge in [-0.05, 0) is 47.4 Å². The number of benzene rings is 3. The molecule has 1 fully saturated rings. The standard InChI is InChI=1S/C24H24ClN3O6S2/c25-20-10-6-17(7-11-20)18-8-12-21(13-9-18)35(31,32)28(15-14-27-36(26,33)34)24(23(29)30)16-22(24)19-4-2-1-3-5-19/h1-13,22,27H,14-16H2,(H,29,30)(H2,26,33,34). The average molecular weight is 550 g/mol. The fourth-order valence-corrected chi connectivity index (χ4v) is 6.64. The minimum absolute atomic E-state index is 0.0454. The number of rotatable bonds is 10. The van der Waals surface area contributed by atoms with Gasteiger partial charge in [-0.1, -0.05) is 66.2 Å². The molecule has 190 valence electrons. The van der Waals surface area contributed by atoms with E-state index >= 15 is 0 Å². The lowest BCUT2D eigenvalue weighted by atomic mass is 10.1. The number of hydrogen-bond acceptors (Lipinski definition) is 5. The van der Waals surface area contributed by atoms with E-state index in [-0.39, 0.29) is 11.3 Å². The number of sulfonamides is 1. The Balaban J connectivity index is 1.71. The van der Waals surface area contributed by atoms with Gasteiger partial charge in [0.1, 0.15) is 5.54 Å². The van der Waals surface area contributed by atoms with E-state index in [0.717, 1.165) is 15.4 Å². The van der Waals surface area contributed by atoms with E-state index in [1.165, 1.54) is 12.1 Å². The van der Waals surface area contributed by atoms with Crippen molar-refractivity contribution in [3.05, 3.63) is 89.4 Å². The van der Waals surface area contributed by atoms with Gasteiger partial charge in [0.05, 0.1) is 4.90 Å². The molecule has 36 heavy (non-hydrogen) atoms. The van der Waals surface area contributed by atoms with Crippen molar-refractivity contribution in [3.63, 3.8) is 0 Å². The van der Waals surface area contributed by atoms with Crippen LogP contribution in [0.2, 0.25) is 5.02 Å². The number of carboxylic acid groups (broad SMARTS) is 1. The van der Waals surface area contributed by atoms with Crippen LogP contribution in [0, 0.1) is 0 Å². The van der Waals surface area contributed by atoms with Gasteiger partial charge in [0, 0.05) is 24.0 Å². The van der Waals surface area contributed by atoms with Gasteiger partial charge in [-0.15, -0.1) is 0 Å². The van der Waals surface area contributed by atoms with E-state index in [2.05, 4.69) is 0 Å². The third-order valence-corrected chi connectivity index (χ3v) is 9.00. The molecule has 0 heterocycles. The summed E-state index contributed by atoms with van der Waals surface area (Å²) in [5.41, 5.74) is 0.479. The maximum absolute atomic E-state index is 13.8. The zero-order valence-corrected chi connectivity index (χ0v) is 21.3. The first-order valence-corrected chi connectivity index (χ1v) is 14.3. The minimum Gasteiger partial charge on any atom is -0.480 e. The maximum Gasteiger partial charge on any atom is 0.325 e. The van der Waals surface area contributed by atoms with Crippen molar-refractivity contribution in [2.75, 3.05) is 13.1 Å². The quantitative estimate of drug-likeness (QED) is 0.354. The second-order valence-corrected chi connectivity index (χ2v) is 12.1. The molecule has 4 N–H and O–H groups in total. The second kappa shape index (κ2) is 9.92. The lowest BCUT2D eigenvalue weighted by Crippen LogP contribution is -2.51. The molecule has 0 amide bonds. The summed E-state index contributed by atoms with van der Waals surface area (Å²) < 4.78 is 53.3. The Labute approximate surface area is 214 Å². The molecule has 12 heteroatoms. The lowest BCUT2D eigenvalue weighted by Gasteiger charge is -2.29. The Kier molecular flexibility index (Phi) is 7.24. The predicted octanol–water partition coefficient (Wildman–Crippen LogP) is 2.80. The first-order chi connectivity index (χ1) is 16.9. The number of carboxylic acids is 1. The zero-order valence-electron chi connectivity index (χ0n) is 18.9. The molecule has 1 aliphatic carbocycles. The van der Waals surface area contributed by atoms with E-state index in [1.807, 2.05) is 4.72 Å². The normalized spacial score (nSPS) is 19.8. The van der Waals surface area contributed by atoms with Crippen LogP contribution in [0.3, 0.4) is 0 Å². The molecular formula is C24H24ClN3O6S2. The molecule has 0 spiro atoms. The number of nitrogens with zero attached hydrogens (tertiary/aromatic N) is 1. The summed E-state index contributed by atoms with van der Waals surface area (Å²) >= 11 is 5.94. The molecule has 0 radical (unpaired) electrons. The Hall–Kier alpha value is -2.80. The molecule has 9 nitrogen and oxygen atoms in total. The molecule has 0 saturated heterocycles. The van der Waals surface area contributed by atoms with Gasteiger partial charge in [0.25, 0.3) is 10.2 Å². The highest BCUT2D eigenvalue weighted by Gasteiger charge is 2.67. The van der Waals surface area contributed by atoms with Crippen LogP contribution in [-0.4, -0.2) is 50.8 Å². The summed E-state index contributed by atoms with van der Waals surface area (Å²) in [5.74, 6) is -1.91. The first kappa shape index (κ1) is 26.3. The third-order valence-electron chi connectivity index (χ3n) is 6.19. The highest BCUT2D eigenvalue weighted by atomic mass is 35.5. The largest absolute Gasteiger partial charge is 0.480 e. The summed E-state index contributed by atoms with van der Waals surface area (Å²) in [7, 11) is -8.46. The highest BCUT2D eigenvalue weighted by molar-refractivity contribution is 7.89. The van der Waals surface area contributed by atoms with Crippen molar-refractivity contribution in [1.29, 1.82) is 0 Å². The molecule has 3 aromatic carbocycles. The van der Waals surface area contributed by atoms with E-state index in [1.54, 1.807) is 66.7 Å². The summed E-state index contributed by atoms with van der Waals surface area (Å²) in [6.07, 6.45) is 0.0454. The molecule has 1 aliphatic rings. The highest BCUT2D eigenvalue weighted by Crippen LogP contribution is 2.57. The maximum atomic E-state index is 13.8. The van der Waals surface area contributed by atoms with Crippen LogP contribution in [-0.2, 0) is 25.0 Å². The van der Waals surface area contributed by atoms with Gasteiger partial charge in [0.2, 0.25) is 10.0 Å². The molecule has 2 unspecified atom stereocenters. The molecule has 2 atom stereocenters. The fraction of sp³-hybridized carbons (Fsp3) is 0.208. The Bertz CT molecular complexity index is 1460. The molecule has 4 rings (SSSR count). The van der Waals surface area contributed by atoms with Crippen LogP contribution in [0.1, 0.15) is 17.9 Å². The number of nitrogens with one attached hydrogen (secondary N) is 1. The zero-order chi connectivity index (χ0) is 26.1. The van der Waals surface area contributed by atoms with E-state index in [0.29, 0.717) is 10.6 Å². The first-order valence-electron chi connectivity index (χ1n) is 10.9. The fourth-order valence-electron chi connectivity index (χ4n) is 4.36. The van der Waals surface area contributed by atoms with Gasteiger partial charge >= 0.3 is 5.97 Å². The van der Waals surface area contributed by atoms with Gasteiger partial charge < -0.3 is 5.11 Å². The Morgan fingerprint density at radius 2 is 1.53 bits per heavy atom. The topological polar surface area (TPSA) is 147 Å². The summed E-state index contributed by atoms with van der Waals surface area (Å²) in [4.78, 5) is 12.4. The van der Waals surface area contributed by atoms with Gasteiger partial charge in [-0.3, -0.25) is 4.79 Å². The van der Waals surface area contributed by atoms with Crippen molar-refractivity contribution >= 4 is 37.8 Å². The molecule has 0 bridgehead atoms. The van der Waals surface area contributed by atoms with Crippen LogP contribution < -0.4 is 9.86 Å². The summed E-state index contributed by atoms with van der Waals surface area (Å²) in [6.45, 7) is -0.815. The van der Waals surface area contributed by atoms with Crippen LogP contribution >= 0.6 is 11.6 Å². The second-order valence-electron chi connectivity index (χ2n) is 8.44. The predicted molar refractivity (Wildman–Crippen MR) is 136 cm³/mol. The van der Waals surface area contributed by atoms with Gasteiger partial charge in [-0.25, -0.2) is 18.3 Å². The number of aliphatic carboxylic acids is 1. The molecule has 3 aromatic rings. The van der Waals surface area contributed by atoms with E-state index < -0.39 is 50.7 Å². The van der Waals surface area contributed by atoms with Crippen molar-refractivity contribution in [2.45, 2.75) is 22.8 Å². The molecule has 0 aromatic heterocycles. The monoisotopic (exact) mass is 549 g/mol. The van der Waals surface area contributed by atoms with Gasteiger partial charge in [0.15, 0.2) is 0 Å². The third kappa shape index (κ3) is 5.31. The summed E-state index contributed by atoms with van der Waals surface area (Å²) in [5, 5.41) is 15.8. The molecule has 1 saturated carbocycles. The number of carbonyl (C=O) groups is 1. The van der Waals surface area contributed by atoms with Crippen molar-refractivity contribution in [2.24, 2.45) is 5.14 Å². The smallest absolute Gasteiger partial charge is 0.325 e. The number of halogens is 1. The minimum atomic E-state index is -4.35.